The normalized spacial score (nSPS) is 14.3. The summed E-state index contributed by atoms with van der Waals surface area (Å²) in [7, 11) is 1.29. The number of amides is 1. The van der Waals surface area contributed by atoms with Crippen LogP contribution in [0.4, 0.5) is 10.1 Å². The van der Waals surface area contributed by atoms with Gasteiger partial charge in [-0.2, -0.15) is 0 Å². The summed E-state index contributed by atoms with van der Waals surface area (Å²) in [6, 6.07) is 9.64. The number of rotatable bonds is 3. The molecule has 130 valence electrons. The first-order chi connectivity index (χ1) is 12.1. The zero-order valence-electron chi connectivity index (χ0n) is 13.8. The number of carbonyl (C=O) groups excluding carboxylic acids is 2. The minimum Gasteiger partial charge on any atom is -0.465 e. The number of hydrogen-bond donors (Lipinski definition) is 0. The Labute approximate surface area is 144 Å². The molecule has 0 unspecified atom stereocenters. The molecule has 0 radical (unpaired) electrons. The minimum atomic E-state index is -0.495. The summed E-state index contributed by atoms with van der Waals surface area (Å²) in [5, 5.41) is 0. The Bertz CT molecular complexity index is 771. The summed E-state index contributed by atoms with van der Waals surface area (Å²) >= 11 is 0. The van der Waals surface area contributed by atoms with Crippen molar-refractivity contribution in [3.8, 4) is 0 Å². The topological polar surface area (TPSA) is 62.7 Å². The molecule has 7 heteroatoms. The van der Waals surface area contributed by atoms with Crippen LogP contribution in [0.25, 0.3) is 0 Å². The highest BCUT2D eigenvalue weighted by Crippen LogP contribution is 2.20. The first-order valence-electron chi connectivity index (χ1n) is 7.93. The third kappa shape index (κ3) is 3.60. The van der Waals surface area contributed by atoms with Crippen molar-refractivity contribution >= 4 is 17.6 Å². The zero-order chi connectivity index (χ0) is 17.8. The van der Waals surface area contributed by atoms with Crippen molar-refractivity contribution in [2.24, 2.45) is 0 Å². The molecule has 3 rings (SSSR count). The molecule has 0 spiro atoms. The number of hydrogen-bond acceptors (Lipinski definition) is 5. The number of pyridine rings is 1. The second-order valence-electron chi connectivity index (χ2n) is 5.65. The molecule has 0 atom stereocenters. The molecule has 1 saturated heterocycles. The number of carbonyl (C=O) groups is 2. The van der Waals surface area contributed by atoms with E-state index in [0.29, 0.717) is 37.4 Å². The van der Waals surface area contributed by atoms with Gasteiger partial charge in [-0.1, -0.05) is 12.1 Å². The van der Waals surface area contributed by atoms with Crippen LogP contribution in [-0.4, -0.2) is 55.0 Å². The highest BCUT2D eigenvalue weighted by atomic mass is 19.1. The lowest BCUT2D eigenvalue weighted by atomic mass is 10.2. The molecule has 1 fully saturated rings. The average molecular weight is 343 g/mol. The summed E-state index contributed by atoms with van der Waals surface area (Å²) in [5.74, 6) is -0.961. The van der Waals surface area contributed by atoms with Gasteiger partial charge in [-0.3, -0.25) is 9.78 Å². The maximum Gasteiger partial charge on any atom is 0.339 e. The van der Waals surface area contributed by atoms with Gasteiger partial charge < -0.3 is 14.5 Å². The third-order valence-electron chi connectivity index (χ3n) is 4.16. The summed E-state index contributed by atoms with van der Waals surface area (Å²) in [5.41, 5.74) is 1.12. The Hall–Kier alpha value is -2.96. The van der Waals surface area contributed by atoms with Crippen molar-refractivity contribution in [3.05, 3.63) is 59.7 Å². The summed E-state index contributed by atoms with van der Waals surface area (Å²) in [4.78, 5) is 31.6. The molecule has 1 aliphatic heterocycles. The molecular formula is C18H18FN3O3. The number of halogens is 1. The fourth-order valence-corrected chi connectivity index (χ4v) is 2.78. The van der Waals surface area contributed by atoms with Gasteiger partial charge in [0.25, 0.3) is 5.91 Å². The predicted octanol–water partition coefficient (Wildman–Crippen LogP) is 1.97. The minimum absolute atomic E-state index is 0.204. The zero-order valence-corrected chi connectivity index (χ0v) is 13.8. The number of methoxy groups -OCH3 is 1. The van der Waals surface area contributed by atoms with Gasteiger partial charge in [0.2, 0.25) is 0 Å². The Kier molecular flexibility index (Phi) is 4.92. The smallest absolute Gasteiger partial charge is 0.339 e. The summed E-state index contributed by atoms with van der Waals surface area (Å²) in [6.45, 7) is 2.06. The average Bonchev–Trinajstić information content (AvgIpc) is 2.67. The van der Waals surface area contributed by atoms with E-state index in [1.807, 2.05) is 4.90 Å². The largest absolute Gasteiger partial charge is 0.465 e. The van der Waals surface area contributed by atoms with Crippen LogP contribution in [0.15, 0.2) is 42.6 Å². The summed E-state index contributed by atoms with van der Waals surface area (Å²) in [6.07, 6.45) is 1.33. The Morgan fingerprint density at radius 2 is 1.80 bits per heavy atom. The lowest BCUT2D eigenvalue weighted by molar-refractivity contribution is 0.0599. The van der Waals surface area contributed by atoms with Crippen LogP contribution in [0, 0.1) is 5.82 Å². The lowest BCUT2D eigenvalue weighted by Crippen LogP contribution is -2.49. The number of piperazine rings is 1. The first-order valence-corrected chi connectivity index (χ1v) is 7.93. The molecule has 25 heavy (non-hydrogen) atoms. The maximum atomic E-state index is 13.9. The molecular weight excluding hydrogens is 325 g/mol. The predicted molar refractivity (Wildman–Crippen MR) is 90.1 cm³/mol. The van der Waals surface area contributed by atoms with Crippen LogP contribution in [0.5, 0.6) is 0 Å². The Morgan fingerprint density at radius 1 is 1.08 bits per heavy atom. The molecule has 0 N–H and O–H groups in total. The van der Waals surface area contributed by atoms with Crippen molar-refractivity contribution in [1.82, 2.24) is 9.88 Å². The molecule has 2 aromatic rings. The Morgan fingerprint density at radius 3 is 2.40 bits per heavy atom. The van der Waals surface area contributed by atoms with Crippen LogP contribution in [0.3, 0.4) is 0 Å². The molecule has 1 aliphatic rings. The molecule has 1 aromatic carbocycles. The molecule has 6 nitrogen and oxygen atoms in total. The van der Waals surface area contributed by atoms with Crippen molar-refractivity contribution in [1.29, 1.82) is 0 Å². The molecule has 0 saturated carbocycles. The Balaban J connectivity index is 1.63. The van der Waals surface area contributed by atoms with E-state index in [-0.39, 0.29) is 17.4 Å². The van der Waals surface area contributed by atoms with Gasteiger partial charge in [-0.25, -0.2) is 9.18 Å². The molecule has 1 amide bonds. The third-order valence-corrected chi connectivity index (χ3v) is 4.16. The van der Waals surface area contributed by atoms with Gasteiger partial charge in [0.15, 0.2) is 0 Å². The SMILES string of the molecule is COC(=O)c1ccc(C(=O)N2CCN(c3ccccc3F)CC2)nc1. The number of anilines is 1. The number of esters is 1. The standard InChI is InChI=1S/C18H18FN3O3/c1-25-18(24)13-6-7-15(20-12-13)17(23)22-10-8-21(9-11-22)16-5-3-2-4-14(16)19/h2-7,12H,8-11H2,1H3. The van der Waals surface area contributed by atoms with Gasteiger partial charge >= 0.3 is 5.97 Å². The van der Waals surface area contributed by atoms with E-state index in [0.717, 1.165) is 0 Å². The highest BCUT2D eigenvalue weighted by molar-refractivity contribution is 5.94. The monoisotopic (exact) mass is 343 g/mol. The first kappa shape index (κ1) is 16.9. The molecule has 2 heterocycles. The highest BCUT2D eigenvalue weighted by Gasteiger charge is 2.24. The number of nitrogens with zero attached hydrogens (tertiary/aromatic N) is 3. The van der Waals surface area contributed by atoms with E-state index in [1.165, 1.54) is 31.5 Å². The molecule has 0 bridgehead atoms. The van der Waals surface area contributed by atoms with Crippen LogP contribution in [-0.2, 0) is 4.74 Å². The summed E-state index contributed by atoms with van der Waals surface area (Å²) < 4.78 is 18.5. The van der Waals surface area contributed by atoms with Crippen molar-refractivity contribution < 1.29 is 18.7 Å². The van der Waals surface area contributed by atoms with Crippen LogP contribution >= 0.6 is 0 Å². The van der Waals surface area contributed by atoms with Crippen LogP contribution in [0.2, 0.25) is 0 Å². The number of aromatic nitrogens is 1. The van der Waals surface area contributed by atoms with Gasteiger partial charge in [-0.15, -0.1) is 0 Å². The van der Waals surface area contributed by atoms with Gasteiger partial charge in [0.1, 0.15) is 11.5 Å². The van der Waals surface area contributed by atoms with Crippen LogP contribution < -0.4 is 4.90 Å². The second kappa shape index (κ2) is 7.29. The van der Waals surface area contributed by atoms with E-state index in [4.69, 9.17) is 0 Å². The van der Waals surface area contributed by atoms with E-state index in [1.54, 1.807) is 23.1 Å². The number of ether oxygens (including phenoxy) is 1. The van der Waals surface area contributed by atoms with E-state index in [9.17, 15) is 14.0 Å². The molecule has 0 aliphatic carbocycles. The van der Waals surface area contributed by atoms with Crippen molar-refractivity contribution in [2.45, 2.75) is 0 Å². The molecule has 1 aromatic heterocycles. The number of para-hydroxylation sites is 1. The van der Waals surface area contributed by atoms with Crippen molar-refractivity contribution in [2.75, 3.05) is 38.2 Å². The second-order valence-corrected chi connectivity index (χ2v) is 5.65. The quantitative estimate of drug-likeness (QED) is 0.798. The van der Waals surface area contributed by atoms with Crippen LogP contribution in [0.1, 0.15) is 20.8 Å². The lowest BCUT2D eigenvalue weighted by Gasteiger charge is -2.36. The maximum absolute atomic E-state index is 13.9. The van der Waals surface area contributed by atoms with Gasteiger partial charge in [-0.05, 0) is 24.3 Å². The van der Waals surface area contributed by atoms with E-state index < -0.39 is 5.97 Å². The fraction of sp³-hybridized carbons (Fsp3) is 0.278. The van der Waals surface area contributed by atoms with E-state index >= 15 is 0 Å². The number of benzene rings is 1. The van der Waals surface area contributed by atoms with E-state index in [2.05, 4.69) is 9.72 Å². The van der Waals surface area contributed by atoms with Gasteiger partial charge in [0, 0.05) is 32.4 Å². The fourth-order valence-electron chi connectivity index (χ4n) is 2.78. The van der Waals surface area contributed by atoms with Gasteiger partial charge in [0.05, 0.1) is 18.4 Å². The van der Waals surface area contributed by atoms with Crippen molar-refractivity contribution in [3.63, 3.8) is 0 Å².